The molecule has 0 unspecified atom stereocenters. The molecule has 7 heteroatoms. The molecule has 25 heavy (non-hydrogen) atoms. The zero-order chi connectivity index (χ0) is 18.2. The average molecular weight is 346 g/mol. The Hall–Kier alpha value is -2.67. The lowest BCUT2D eigenvalue weighted by atomic mass is 9.66. The van der Waals surface area contributed by atoms with Crippen LogP contribution in [0.1, 0.15) is 29.7 Å². The van der Waals surface area contributed by atoms with E-state index in [-0.39, 0.29) is 13.0 Å². The van der Waals surface area contributed by atoms with Gasteiger partial charge in [0, 0.05) is 23.6 Å². The minimum absolute atomic E-state index is 0.0162. The van der Waals surface area contributed by atoms with Gasteiger partial charge < -0.3 is 14.9 Å². The third kappa shape index (κ3) is 3.02. The monoisotopic (exact) mass is 346 g/mol. The number of carbonyl (C=O) groups is 1. The predicted molar refractivity (Wildman–Crippen MR) is 88.6 cm³/mol. The van der Waals surface area contributed by atoms with Crippen molar-refractivity contribution in [3.8, 4) is 0 Å². The van der Waals surface area contributed by atoms with Gasteiger partial charge in [-0.05, 0) is 24.6 Å². The summed E-state index contributed by atoms with van der Waals surface area (Å²) in [5.41, 5.74) is -0.643. The summed E-state index contributed by atoms with van der Waals surface area (Å²) >= 11 is 0. The Bertz CT molecular complexity index is 868. The van der Waals surface area contributed by atoms with E-state index in [2.05, 4.69) is 16.8 Å². The van der Waals surface area contributed by atoms with E-state index in [1.807, 2.05) is 0 Å². The number of hydrogen-bond donors (Lipinski definition) is 3. The number of fused-ring (bicyclic) bond motifs is 1. The zero-order valence-corrected chi connectivity index (χ0v) is 13.7. The molecule has 0 aliphatic heterocycles. The predicted octanol–water partition coefficient (Wildman–Crippen LogP) is 1.63. The van der Waals surface area contributed by atoms with Gasteiger partial charge in [-0.15, -0.1) is 0 Å². The molecule has 0 saturated heterocycles. The van der Waals surface area contributed by atoms with Crippen molar-refractivity contribution in [3.63, 3.8) is 0 Å². The molecular weight excluding hydrogens is 327 g/mol. The van der Waals surface area contributed by atoms with Crippen LogP contribution >= 0.6 is 0 Å². The van der Waals surface area contributed by atoms with Gasteiger partial charge in [-0.1, -0.05) is 24.8 Å². The Morgan fingerprint density at radius 2 is 2.28 bits per heavy atom. The molecule has 6 nitrogen and oxygen atoms in total. The number of aromatic amines is 2. The third-order valence-electron chi connectivity index (χ3n) is 4.55. The number of aliphatic hydroxyl groups is 1. The molecule has 0 spiro atoms. The minimum atomic E-state index is -1.48. The van der Waals surface area contributed by atoms with Crippen molar-refractivity contribution < 1.29 is 19.0 Å². The molecule has 0 amide bonds. The van der Waals surface area contributed by atoms with Crippen molar-refractivity contribution in [2.45, 2.75) is 24.9 Å². The Labute approximate surface area is 143 Å². The summed E-state index contributed by atoms with van der Waals surface area (Å²) in [6, 6.07) is 5.66. The lowest BCUT2D eigenvalue weighted by Gasteiger charge is -2.40. The fourth-order valence-electron chi connectivity index (χ4n) is 3.55. The van der Waals surface area contributed by atoms with Crippen LogP contribution in [0.5, 0.6) is 0 Å². The lowest BCUT2D eigenvalue weighted by Crippen LogP contribution is -2.50. The van der Waals surface area contributed by atoms with Crippen molar-refractivity contribution >= 4 is 5.97 Å². The molecule has 2 aromatic rings. The first kappa shape index (κ1) is 17.2. The van der Waals surface area contributed by atoms with Crippen LogP contribution < -0.4 is 5.56 Å². The van der Waals surface area contributed by atoms with Gasteiger partial charge in [0.2, 0.25) is 0 Å². The van der Waals surface area contributed by atoms with Crippen molar-refractivity contribution in [2.75, 3.05) is 6.61 Å². The highest BCUT2D eigenvalue weighted by molar-refractivity contribution is 5.77. The number of H-pyrrole nitrogens is 2. The maximum absolute atomic E-state index is 13.8. The minimum Gasteiger partial charge on any atom is -0.461 e. The maximum Gasteiger partial charge on any atom is 0.313 e. The fourth-order valence-corrected chi connectivity index (χ4v) is 3.55. The molecule has 0 fully saturated rings. The van der Waals surface area contributed by atoms with E-state index < -0.39 is 34.8 Å². The van der Waals surface area contributed by atoms with Gasteiger partial charge in [-0.25, -0.2) is 4.39 Å². The number of carbonyl (C=O) groups excluding carboxylic acids is 1. The van der Waals surface area contributed by atoms with Crippen LogP contribution in [0.2, 0.25) is 0 Å². The van der Waals surface area contributed by atoms with E-state index in [1.165, 1.54) is 31.2 Å². The van der Waals surface area contributed by atoms with Crippen LogP contribution in [0, 0.1) is 11.7 Å². The Morgan fingerprint density at radius 3 is 2.96 bits per heavy atom. The number of halogens is 1. The molecule has 1 aromatic carbocycles. The third-order valence-corrected chi connectivity index (χ3v) is 4.55. The first-order valence-corrected chi connectivity index (χ1v) is 7.90. The number of nitrogens with one attached hydrogen (secondary N) is 2. The topological polar surface area (TPSA) is 95.2 Å². The molecule has 1 aliphatic carbocycles. The Balaban J connectivity index is 2.18. The highest BCUT2D eigenvalue weighted by Crippen LogP contribution is 2.44. The zero-order valence-electron chi connectivity index (χ0n) is 13.7. The average Bonchev–Trinajstić information content (AvgIpc) is 2.90. The normalized spacial score (nSPS) is 25.2. The SMILES string of the molecule is C=CCOC(=O)[C@@H]1[C@H](c2cccc(F)c2)c2c([nH][nH]c2=O)C[C@@]1(C)O. The van der Waals surface area contributed by atoms with E-state index in [1.54, 1.807) is 6.07 Å². The molecule has 1 aromatic heterocycles. The number of esters is 1. The second-order valence-electron chi connectivity index (χ2n) is 6.43. The first-order valence-electron chi connectivity index (χ1n) is 7.90. The Morgan fingerprint density at radius 1 is 1.52 bits per heavy atom. The lowest BCUT2D eigenvalue weighted by molar-refractivity contribution is -0.158. The summed E-state index contributed by atoms with van der Waals surface area (Å²) in [7, 11) is 0. The van der Waals surface area contributed by atoms with Gasteiger partial charge >= 0.3 is 5.97 Å². The van der Waals surface area contributed by atoms with Gasteiger partial charge in [-0.2, -0.15) is 0 Å². The standard InChI is InChI=1S/C18H19FN2O4/c1-3-7-25-17(23)15-13(10-5-4-6-11(19)8-10)14-12(9-18(15,2)24)20-21-16(14)22/h3-6,8,13,15,24H,1,7,9H2,2H3,(H2,20,21,22)/t13-,15+,18-/m1/s1. The van der Waals surface area contributed by atoms with Gasteiger partial charge in [0.05, 0.1) is 11.5 Å². The van der Waals surface area contributed by atoms with E-state index in [9.17, 15) is 19.1 Å². The molecule has 3 atom stereocenters. The Kier molecular flexibility index (Phi) is 4.34. The van der Waals surface area contributed by atoms with E-state index in [0.29, 0.717) is 16.8 Å². The van der Waals surface area contributed by atoms with E-state index in [0.717, 1.165) is 0 Å². The summed E-state index contributed by atoms with van der Waals surface area (Å²) in [4.78, 5) is 24.9. The van der Waals surface area contributed by atoms with Gasteiger partial charge in [0.1, 0.15) is 12.4 Å². The van der Waals surface area contributed by atoms with Crippen molar-refractivity contribution in [3.05, 3.63) is 69.9 Å². The van der Waals surface area contributed by atoms with Gasteiger partial charge in [-0.3, -0.25) is 14.7 Å². The van der Waals surface area contributed by atoms with Crippen LogP contribution in [0.25, 0.3) is 0 Å². The molecule has 1 aliphatic rings. The number of aromatic nitrogens is 2. The molecule has 3 N–H and O–H groups in total. The molecule has 1 heterocycles. The second kappa shape index (κ2) is 6.33. The van der Waals surface area contributed by atoms with Crippen LogP contribution in [-0.4, -0.2) is 33.5 Å². The second-order valence-corrected chi connectivity index (χ2v) is 6.43. The molecule has 132 valence electrons. The van der Waals surface area contributed by atoms with Crippen LogP contribution in [0.15, 0.2) is 41.7 Å². The van der Waals surface area contributed by atoms with Crippen LogP contribution in [-0.2, 0) is 16.0 Å². The molecule has 0 radical (unpaired) electrons. The molecule has 3 rings (SSSR count). The highest BCUT2D eigenvalue weighted by atomic mass is 19.1. The number of rotatable bonds is 4. The quantitative estimate of drug-likeness (QED) is 0.579. The maximum atomic E-state index is 13.8. The summed E-state index contributed by atoms with van der Waals surface area (Å²) in [5, 5.41) is 16.1. The molecule has 0 saturated carbocycles. The number of benzene rings is 1. The van der Waals surface area contributed by atoms with Crippen LogP contribution in [0.3, 0.4) is 0 Å². The first-order chi connectivity index (χ1) is 11.8. The number of ether oxygens (including phenoxy) is 1. The fraction of sp³-hybridized carbons (Fsp3) is 0.333. The summed E-state index contributed by atoms with van der Waals surface area (Å²) < 4.78 is 18.9. The van der Waals surface area contributed by atoms with Gasteiger partial charge in [0.15, 0.2) is 0 Å². The van der Waals surface area contributed by atoms with Crippen molar-refractivity contribution in [1.82, 2.24) is 10.2 Å². The molecular formula is C18H19FN2O4. The highest BCUT2D eigenvalue weighted by Gasteiger charge is 2.51. The summed E-state index contributed by atoms with van der Waals surface area (Å²) in [6.07, 6.45) is 1.49. The smallest absolute Gasteiger partial charge is 0.313 e. The summed E-state index contributed by atoms with van der Waals surface area (Å²) in [6.45, 7) is 4.99. The van der Waals surface area contributed by atoms with Crippen LogP contribution in [0.4, 0.5) is 4.39 Å². The van der Waals surface area contributed by atoms with E-state index >= 15 is 0 Å². The largest absolute Gasteiger partial charge is 0.461 e. The van der Waals surface area contributed by atoms with Crippen molar-refractivity contribution in [1.29, 1.82) is 0 Å². The van der Waals surface area contributed by atoms with Gasteiger partial charge in [0.25, 0.3) is 5.56 Å². The number of hydrogen-bond acceptors (Lipinski definition) is 4. The molecule has 0 bridgehead atoms. The summed E-state index contributed by atoms with van der Waals surface area (Å²) in [5.74, 6) is -3.04. The van der Waals surface area contributed by atoms with E-state index in [4.69, 9.17) is 4.74 Å². The van der Waals surface area contributed by atoms with Crippen molar-refractivity contribution in [2.24, 2.45) is 5.92 Å².